The van der Waals surface area contributed by atoms with Crippen molar-refractivity contribution in [2.75, 3.05) is 13.1 Å². The largest absolute Gasteiger partial charge is 0.486 e. The number of carbonyl (C=O) groups excluding carboxylic acids is 1. The van der Waals surface area contributed by atoms with Crippen LogP contribution in [0.1, 0.15) is 44.5 Å². The first kappa shape index (κ1) is 18.5. The molecule has 146 valence electrons. The van der Waals surface area contributed by atoms with E-state index in [-0.39, 0.29) is 11.9 Å². The Kier molecular flexibility index (Phi) is 5.60. The molecule has 1 atom stereocenters. The van der Waals surface area contributed by atoms with Gasteiger partial charge in [0, 0.05) is 13.1 Å². The van der Waals surface area contributed by atoms with Crippen LogP contribution in [0.15, 0.2) is 54.6 Å². The first-order valence-electron chi connectivity index (χ1n) is 10.2. The zero-order chi connectivity index (χ0) is 19.3. The van der Waals surface area contributed by atoms with Gasteiger partial charge in [0.1, 0.15) is 24.2 Å². The van der Waals surface area contributed by atoms with Crippen LogP contribution in [-0.4, -0.2) is 33.4 Å². The molecule has 3 aromatic rings. The predicted octanol–water partition coefficient (Wildman–Crippen LogP) is 4.58. The minimum absolute atomic E-state index is 0.172. The molecule has 4 rings (SSSR count). The Morgan fingerprint density at radius 3 is 2.43 bits per heavy atom. The van der Waals surface area contributed by atoms with Crippen LogP contribution < -0.4 is 4.74 Å². The van der Waals surface area contributed by atoms with Gasteiger partial charge in [0.2, 0.25) is 5.91 Å². The maximum atomic E-state index is 13.3. The van der Waals surface area contributed by atoms with Crippen LogP contribution in [0.5, 0.6) is 5.75 Å². The van der Waals surface area contributed by atoms with Crippen molar-refractivity contribution in [3.8, 4) is 5.75 Å². The van der Waals surface area contributed by atoms with Crippen molar-refractivity contribution < 1.29 is 9.53 Å². The van der Waals surface area contributed by atoms with E-state index in [2.05, 4.69) is 0 Å². The minimum Gasteiger partial charge on any atom is -0.486 e. The molecule has 28 heavy (non-hydrogen) atoms. The summed E-state index contributed by atoms with van der Waals surface area (Å²) in [7, 11) is 0. The van der Waals surface area contributed by atoms with Gasteiger partial charge in [0.25, 0.3) is 0 Å². The second kappa shape index (κ2) is 8.46. The number of aromatic nitrogens is 2. The van der Waals surface area contributed by atoms with Crippen molar-refractivity contribution in [3.63, 3.8) is 0 Å². The SMILES string of the molecule is C[C@H](C(=O)N1CCCCCC1)n1c(COc2ccccc2)nc2ccccc21. The van der Waals surface area contributed by atoms with Crippen LogP contribution in [0.3, 0.4) is 0 Å². The summed E-state index contributed by atoms with van der Waals surface area (Å²) in [5.41, 5.74) is 1.87. The van der Waals surface area contributed by atoms with Gasteiger partial charge in [0.05, 0.1) is 11.0 Å². The fourth-order valence-corrected chi connectivity index (χ4v) is 3.96. The molecule has 0 saturated carbocycles. The normalized spacial score (nSPS) is 16.0. The van der Waals surface area contributed by atoms with E-state index in [0.29, 0.717) is 6.61 Å². The lowest BCUT2D eigenvalue weighted by Crippen LogP contribution is -2.37. The molecule has 5 heteroatoms. The average molecular weight is 377 g/mol. The van der Waals surface area contributed by atoms with Gasteiger partial charge in [-0.3, -0.25) is 4.79 Å². The van der Waals surface area contributed by atoms with E-state index in [1.807, 2.05) is 71.0 Å². The third kappa shape index (κ3) is 3.88. The molecule has 0 N–H and O–H groups in total. The molecule has 1 fully saturated rings. The summed E-state index contributed by atoms with van der Waals surface area (Å²) >= 11 is 0. The maximum absolute atomic E-state index is 13.3. The van der Waals surface area contributed by atoms with Crippen LogP contribution in [0, 0.1) is 0 Å². The van der Waals surface area contributed by atoms with Gasteiger partial charge in [-0.15, -0.1) is 0 Å². The number of hydrogen-bond acceptors (Lipinski definition) is 3. The Bertz CT molecular complexity index is 927. The van der Waals surface area contributed by atoms with Gasteiger partial charge in [0.15, 0.2) is 0 Å². The third-order valence-electron chi connectivity index (χ3n) is 5.44. The predicted molar refractivity (Wildman–Crippen MR) is 110 cm³/mol. The van der Waals surface area contributed by atoms with Gasteiger partial charge in [-0.1, -0.05) is 43.2 Å². The summed E-state index contributed by atoms with van der Waals surface area (Å²) in [6.45, 7) is 4.01. The van der Waals surface area contributed by atoms with Crippen molar-refractivity contribution in [1.29, 1.82) is 0 Å². The number of likely N-dealkylation sites (tertiary alicyclic amines) is 1. The van der Waals surface area contributed by atoms with E-state index in [1.165, 1.54) is 12.8 Å². The standard InChI is InChI=1S/C23H27N3O2/c1-18(23(27)25-15-9-2-3-10-16-25)26-21-14-8-7-13-20(21)24-22(26)17-28-19-11-5-4-6-12-19/h4-8,11-14,18H,2-3,9-10,15-17H2,1H3/t18-/m1/s1. The number of rotatable bonds is 5. The zero-order valence-electron chi connectivity index (χ0n) is 16.4. The number of hydrogen-bond donors (Lipinski definition) is 0. The molecule has 2 aromatic carbocycles. The van der Waals surface area contributed by atoms with Crippen LogP contribution in [0.4, 0.5) is 0 Å². The molecule has 1 saturated heterocycles. The Balaban J connectivity index is 1.63. The van der Waals surface area contributed by atoms with Crippen LogP contribution in [0.25, 0.3) is 11.0 Å². The monoisotopic (exact) mass is 377 g/mol. The summed E-state index contributed by atoms with van der Waals surface area (Å²) in [4.78, 5) is 20.0. The number of imidazole rings is 1. The molecule has 1 amide bonds. The van der Waals surface area contributed by atoms with Crippen molar-refractivity contribution in [2.24, 2.45) is 0 Å². The molecule has 1 aliphatic rings. The first-order chi connectivity index (χ1) is 13.7. The van der Waals surface area contributed by atoms with Gasteiger partial charge in [-0.25, -0.2) is 4.98 Å². The lowest BCUT2D eigenvalue weighted by Gasteiger charge is -2.26. The maximum Gasteiger partial charge on any atom is 0.245 e. The number of amides is 1. The highest BCUT2D eigenvalue weighted by Gasteiger charge is 2.26. The molecule has 1 aromatic heterocycles. The second-order valence-corrected chi connectivity index (χ2v) is 7.40. The summed E-state index contributed by atoms with van der Waals surface area (Å²) in [6, 6.07) is 17.4. The van der Waals surface area contributed by atoms with E-state index in [0.717, 1.165) is 48.5 Å². The molecule has 0 aliphatic carbocycles. The van der Waals surface area contributed by atoms with Crippen LogP contribution >= 0.6 is 0 Å². The summed E-state index contributed by atoms with van der Waals surface area (Å²) in [6.07, 6.45) is 4.60. The molecule has 0 unspecified atom stereocenters. The fraction of sp³-hybridized carbons (Fsp3) is 0.391. The summed E-state index contributed by atoms with van der Waals surface area (Å²) < 4.78 is 8.00. The lowest BCUT2D eigenvalue weighted by molar-refractivity contribution is -0.134. The quantitative estimate of drug-likeness (QED) is 0.654. The van der Waals surface area contributed by atoms with Gasteiger partial charge >= 0.3 is 0 Å². The van der Waals surface area contributed by atoms with Crippen molar-refractivity contribution in [2.45, 2.75) is 45.3 Å². The zero-order valence-corrected chi connectivity index (χ0v) is 16.4. The number of ether oxygens (including phenoxy) is 1. The number of benzene rings is 2. The van der Waals surface area contributed by atoms with E-state index >= 15 is 0 Å². The van der Waals surface area contributed by atoms with Crippen molar-refractivity contribution in [1.82, 2.24) is 14.5 Å². The van der Waals surface area contributed by atoms with Crippen LogP contribution in [0.2, 0.25) is 0 Å². The van der Waals surface area contributed by atoms with Gasteiger partial charge < -0.3 is 14.2 Å². The average Bonchev–Trinajstić information content (AvgIpc) is 2.89. The van der Waals surface area contributed by atoms with E-state index in [1.54, 1.807) is 0 Å². The second-order valence-electron chi connectivity index (χ2n) is 7.40. The molecule has 0 bridgehead atoms. The van der Waals surface area contributed by atoms with Crippen molar-refractivity contribution >= 4 is 16.9 Å². The number of fused-ring (bicyclic) bond motifs is 1. The molecule has 2 heterocycles. The molecular weight excluding hydrogens is 350 g/mol. The first-order valence-corrected chi connectivity index (χ1v) is 10.2. The van der Waals surface area contributed by atoms with E-state index in [4.69, 9.17) is 9.72 Å². The highest BCUT2D eigenvalue weighted by Crippen LogP contribution is 2.25. The number of carbonyl (C=O) groups is 1. The summed E-state index contributed by atoms with van der Waals surface area (Å²) in [5.74, 6) is 1.75. The minimum atomic E-state index is -0.306. The Morgan fingerprint density at radius 1 is 1.00 bits per heavy atom. The Hall–Kier alpha value is -2.82. The highest BCUT2D eigenvalue weighted by molar-refractivity contribution is 5.84. The smallest absolute Gasteiger partial charge is 0.245 e. The molecule has 1 aliphatic heterocycles. The molecule has 5 nitrogen and oxygen atoms in total. The fourth-order valence-electron chi connectivity index (χ4n) is 3.96. The van der Waals surface area contributed by atoms with Crippen molar-refractivity contribution in [3.05, 3.63) is 60.4 Å². The van der Waals surface area contributed by atoms with E-state index < -0.39 is 0 Å². The molecule has 0 spiro atoms. The third-order valence-corrected chi connectivity index (χ3v) is 5.44. The molecule has 0 radical (unpaired) electrons. The van der Waals surface area contributed by atoms with Crippen LogP contribution in [-0.2, 0) is 11.4 Å². The topological polar surface area (TPSA) is 47.4 Å². The summed E-state index contributed by atoms with van der Waals surface area (Å²) in [5, 5.41) is 0. The molecular formula is C23H27N3O2. The van der Waals surface area contributed by atoms with Gasteiger partial charge in [-0.05, 0) is 44.0 Å². The Labute approximate surface area is 165 Å². The lowest BCUT2D eigenvalue weighted by atomic mass is 10.2. The Morgan fingerprint density at radius 2 is 1.68 bits per heavy atom. The van der Waals surface area contributed by atoms with Gasteiger partial charge in [-0.2, -0.15) is 0 Å². The number of para-hydroxylation sites is 3. The number of nitrogens with zero attached hydrogens (tertiary/aromatic N) is 3. The van der Waals surface area contributed by atoms with E-state index in [9.17, 15) is 4.79 Å². The highest BCUT2D eigenvalue weighted by atomic mass is 16.5.